The molecule has 8 nitrogen and oxygen atoms in total. The molecule has 8 heteroatoms. The second-order valence-electron chi connectivity index (χ2n) is 8.35. The van der Waals surface area contributed by atoms with Crippen LogP contribution in [0.15, 0.2) is 18.2 Å². The smallest absolute Gasteiger partial charge is 0.293 e. The summed E-state index contributed by atoms with van der Waals surface area (Å²) in [5.74, 6) is -0.151. The number of hydrogen-bond donors (Lipinski definition) is 1. The van der Waals surface area contributed by atoms with E-state index in [9.17, 15) is 14.9 Å². The Balaban J connectivity index is 1.98. The van der Waals surface area contributed by atoms with Crippen LogP contribution >= 0.6 is 0 Å². The number of methoxy groups -OCH3 is 1. The van der Waals surface area contributed by atoms with Crippen molar-refractivity contribution in [2.45, 2.75) is 27.2 Å². The zero-order chi connectivity index (χ0) is 20.7. The minimum absolute atomic E-state index is 0.0919. The summed E-state index contributed by atoms with van der Waals surface area (Å²) in [5.41, 5.74) is 0.953. The van der Waals surface area contributed by atoms with Crippen molar-refractivity contribution in [3.05, 3.63) is 33.9 Å². The predicted molar refractivity (Wildman–Crippen MR) is 110 cm³/mol. The van der Waals surface area contributed by atoms with E-state index in [1.54, 1.807) is 24.1 Å². The zero-order valence-electron chi connectivity index (χ0n) is 17.4. The molecule has 156 valence electrons. The number of nitrogens with one attached hydrogen (secondary N) is 1. The molecule has 1 saturated heterocycles. The van der Waals surface area contributed by atoms with Crippen LogP contribution in [0.5, 0.6) is 0 Å². The summed E-state index contributed by atoms with van der Waals surface area (Å²) in [5, 5.41) is 14.4. The van der Waals surface area contributed by atoms with Gasteiger partial charge in [-0.2, -0.15) is 0 Å². The van der Waals surface area contributed by atoms with Crippen molar-refractivity contribution in [2.75, 3.05) is 58.3 Å². The molecule has 0 radical (unpaired) electrons. The Labute approximate surface area is 167 Å². The topological polar surface area (TPSA) is 88.0 Å². The van der Waals surface area contributed by atoms with Crippen LogP contribution in [0.3, 0.4) is 0 Å². The summed E-state index contributed by atoms with van der Waals surface area (Å²) in [4.78, 5) is 27.9. The average Bonchev–Trinajstić information content (AvgIpc) is 2.66. The summed E-state index contributed by atoms with van der Waals surface area (Å²) in [6.07, 6.45) is 1.12. The number of carbonyl (C=O) groups excluding carboxylic acids is 1. The standard InChI is InChI=1S/C20H32N4O4/c1-20(2,3)7-9-22-10-12-23(13-11-22)19(25)16-5-6-17(21-8-14-28-4)18(15-16)24(26)27/h5-6,15,21H,7-14H2,1-4H3. The lowest BCUT2D eigenvalue weighted by Gasteiger charge is -2.36. The minimum atomic E-state index is -0.462. The zero-order valence-corrected chi connectivity index (χ0v) is 17.4. The Morgan fingerprint density at radius 1 is 1.25 bits per heavy atom. The Kier molecular flexibility index (Phi) is 7.77. The van der Waals surface area contributed by atoms with Crippen LogP contribution in [0.25, 0.3) is 0 Å². The van der Waals surface area contributed by atoms with Gasteiger partial charge in [-0.3, -0.25) is 19.8 Å². The molecule has 2 rings (SSSR count). The van der Waals surface area contributed by atoms with E-state index in [4.69, 9.17) is 4.74 Å². The molecule has 1 aromatic carbocycles. The first-order valence-electron chi connectivity index (χ1n) is 9.74. The van der Waals surface area contributed by atoms with E-state index in [0.29, 0.717) is 42.9 Å². The average molecular weight is 393 g/mol. The maximum absolute atomic E-state index is 12.8. The first-order valence-corrected chi connectivity index (χ1v) is 9.74. The van der Waals surface area contributed by atoms with Gasteiger partial charge in [-0.1, -0.05) is 20.8 Å². The normalized spacial score (nSPS) is 15.5. The fraction of sp³-hybridized carbons (Fsp3) is 0.650. The maximum atomic E-state index is 12.8. The maximum Gasteiger partial charge on any atom is 0.293 e. The number of nitro benzene ring substituents is 1. The molecule has 0 aromatic heterocycles. The Morgan fingerprint density at radius 3 is 2.50 bits per heavy atom. The number of hydrogen-bond acceptors (Lipinski definition) is 6. The van der Waals surface area contributed by atoms with Gasteiger partial charge < -0.3 is 15.0 Å². The van der Waals surface area contributed by atoms with Gasteiger partial charge in [-0.05, 0) is 30.5 Å². The van der Waals surface area contributed by atoms with Gasteiger partial charge in [0.1, 0.15) is 5.69 Å². The fourth-order valence-corrected chi connectivity index (χ4v) is 3.10. The van der Waals surface area contributed by atoms with E-state index in [1.807, 2.05) is 0 Å². The van der Waals surface area contributed by atoms with Gasteiger partial charge in [-0.15, -0.1) is 0 Å². The van der Waals surface area contributed by atoms with E-state index in [2.05, 4.69) is 31.0 Å². The molecule has 0 aliphatic carbocycles. The summed E-state index contributed by atoms with van der Waals surface area (Å²) in [7, 11) is 1.57. The molecule has 1 fully saturated rings. The van der Waals surface area contributed by atoms with Crippen LogP contribution in [0.2, 0.25) is 0 Å². The van der Waals surface area contributed by atoms with Gasteiger partial charge in [0.2, 0.25) is 0 Å². The first-order chi connectivity index (χ1) is 13.2. The number of anilines is 1. The third kappa shape index (κ3) is 6.45. The number of piperazine rings is 1. The SMILES string of the molecule is COCCNc1ccc(C(=O)N2CCN(CCC(C)(C)C)CC2)cc1[N+](=O)[O-]. The molecule has 0 unspecified atom stereocenters. The van der Waals surface area contributed by atoms with E-state index in [1.165, 1.54) is 6.07 Å². The summed E-state index contributed by atoms with van der Waals surface area (Å²) in [6.45, 7) is 11.6. The van der Waals surface area contributed by atoms with Gasteiger partial charge >= 0.3 is 0 Å². The molecule has 0 saturated carbocycles. The predicted octanol–water partition coefficient (Wildman–Crippen LogP) is 2.85. The molecule has 1 heterocycles. The molecule has 1 amide bonds. The molecule has 1 aromatic rings. The lowest BCUT2D eigenvalue weighted by Crippen LogP contribution is -2.49. The highest BCUT2D eigenvalue weighted by Crippen LogP contribution is 2.26. The summed E-state index contributed by atoms with van der Waals surface area (Å²) >= 11 is 0. The van der Waals surface area contributed by atoms with Gasteiger partial charge in [-0.25, -0.2) is 0 Å². The van der Waals surface area contributed by atoms with Crippen LogP contribution in [0.4, 0.5) is 11.4 Å². The second-order valence-corrected chi connectivity index (χ2v) is 8.35. The van der Waals surface area contributed by atoms with Gasteiger partial charge in [0.15, 0.2) is 0 Å². The molecule has 1 aliphatic rings. The summed E-state index contributed by atoms with van der Waals surface area (Å²) in [6, 6.07) is 4.61. The van der Waals surface area contributed by atoms with Crippen LogP contribution in [-0.2, 0) is 4.74 Å². The van der Waals surface area contributed by atoms with Gasteiger partial charge in [0.05, 0.1) is 11.5 Å². The van der Waals surface area contributed by atoms with E-state index in [-0.39, 0.29) is 11.6 Å². The quantitative estimate of drug-likeness (QED) is 0.416. The summed E-state index contributed by atoms with van der Waals surface area (Å²) < 4.78 is 4.95. The Hall–Kier alpha value is -2.19. The highest BCUT2D eigenvalue weighted by atomic mass is 16.6. The molecular formula is C20H32N4O4. The molecule has 0 atom stereocenters. The minimum Gasteiger partial charge on any atom is -0.383 e. The molecule has 28 heavy (non-hydrogen) atoms. The second kappa shape index (κ2) is 9.84. The van der Waals surface area contributed by atoms with Crippen molar-refractivity contribution >= 4 is 17.3 Å². The molecular weight excluding hydrogens is 360 g/mol. The van der Waals surface area contributed by atoms with E-state index < -0.39 is 4.92 Å². The number of amides is 1. The third-order valence-electron chi connectivity index (χ3n) is 4.90. The number of ether oxygens (including phenoxy) is 1. The number of rotatable bonds is 8. The Morgan fingerprint density at radius 2 is 1.93 bits per heavy atom. The van der Waals surface area contributed by atoms with Gasteiger partial charge in [0, 0.05) is 51.5 Å². The molecule has 0 bridgehead atoms. The largest absolute Gasteiger partial charge is 0.383 e. The number of carbonyl (C=O) groups is 1. The van der Waals surface area contributed by atoms with Crippen molar-refractivity contribution in [1.82, 2.24) is 9.80 Å². The monoisotopic (exact) mass is 392 g/mol. The highest BCUT2D eigenvalue weighted by Gasteiger charge is 2.25. The lowest BCUT2D eigenvalue weighted by molar-refractivity contribution is -0.384. The van der Waals surface area contributed by atoms with E-state index in [0.717, 1.165) is 26.1 Å². The number of benzene rings is 1. The first kappa shape index (κ1) is 22.1. The van der Waals surface area contributed by atoms with E-state index >= 15 is 0 Å². The molecule has 0 spiro atoms. The number of nitro groups is 1. The van der Waals surface area contributed by atoms with Crippen LogP contribution in [-0.4, -0.2) is 73.6 Å². The van der Waals surface area contributed by atoms with Crippen LogP contribution in [0, 0.1) is 15.5 Å². The fourth-order valence-electron chi connectivity index (χ4n) is 3.10. The van der Waals surface area contributed by atoms with Crippen molar-refractivity contribution in [3.8, 4) is 0 Å². The van der Waals surface area contributed by atoms with Crippen LogP contribution < -0.4 is 5.32 Å². The van der Waals surface area contributed by atoms with Crippen molar-refractivity contribution < 1.29 is 14.5 Å². The molecule has 1 N–H and O–H groups in total. The van der Waals surface area contributed by atoms with Crippen LogP contribution in [0.1, 0.15) is 37.6 Å². The lowest BCUT2D eigenvalue weighted by atomic mass is 9.92. The third-order valence-corrected chi connectivity index (χ3v) is 4.90. The number of nitrogens with zero attached hydrogens (tertiary/aromatic N) is 3. The van der Waals surface area contributed by atoms with Crippen molar-refractivity contribution in [3.63, 3.8) is 0 Å². The van der Waals surface area contributed by atoms with Crippen molar-refractivity contribution in [2.24, 2.45) is 5.41 Å². The highest BCUT2D eigenvalue weighted by molar-refractivity contribution is 5.95. The Bertz CT molecular complexity index is 679. The van der Waals surface area contributed by atoms with Crippen molar-refractivity contribution in [1.29, 1.82) is 0 Å². The van der Waals surface area contributed by atoms with Gasteiger partial charge in [0.25, 0.3) is 11.6 Å². The molecule has 1 aliphatic heterocycles.